The van der Waals surface area contributed by atoms with Crippen LogP contribution in [0.25, 0.3) is 0 Å². The molecule has 19 heavy (non-hydrogen) atoms. The zero-order valence-corrected chi connectivity index (χ0v) is 12.3. The molecule has 0 aliphatic carbocycles. The number of ether oxygens (including phenoxy) is 1. The molecule has 0 unspecified atom stereocenters. The SMILES string of the molecule is Cc1ccc(NC(=S)N2C[C@@H](C)O[C@H](C)C2)cc1F. The van der Waals surface area contributed by atoms with Gasteiger partial charge in [-0.2, -0.15) is 0 Å². The van der Waals surface area contributed by atoms with Crippen LogP contribution in [0.4, 0.5) is 10.1 Å². The Balaban J connectivity index is 2.02. The van der Waals surface area contributed by atoms with Gasteiger partial charge in [-0.15, -0.1) is 0 Å². The summed E-state index contributed by atoms with van der Waals surface area (Å²) in [7, 11) is 0. The molecule has 2 rings (SSSR count). The van der Waals surface area contributed by atoms with Crippen molar-refractivity contribution in [1.82, 2.24) is 4.90 Å². The summed E-state index contributed by atoms with van der Waals surface area (Å²) in [5.41, 5.74) is 1.31. The molecule has 0 bridgehead atoms. The smallest absolute Gasteiger partial charge is 0.173 e. The molecule has 1 saturated heterocycles. The molecule has 1 N–H and O–H groups in total. The third kappa shape index (κ3) is 3.64. The lowest BCUT2D eigenvalue weighted by atomic mass is 10.2. The maximum absolute atomic E-state index is 13.5. The highest BCUT2D eigenvalue weighted by molar-refractivity contribution is 7.80. The van der Waals surface area contributed by atoms with Gasteiger partial charge in [0.1, 0.15) is 5.82 Å². The summed E-state index contributed by atoms with van der Waals surface area (Å²) >= 11 is 5.37. The van der Waals surface area contributed by atoms with E-state index in [4.69, 9.17) is 17.0 Å². The van der Waals surface area contributed by atoms with Crippen LogP contribution in [0.2, 0.25) is 0 Å². The van der Waals surface area contributed by atoms with E-state index in [-0.39, 0.29) is 18.0 Å². The van der Waals surface area contributed by atoms with E-state index in [1.165, 1.54) is 6.07 Å². The fourth-order valence-electron chi connectivity index (χ4n) is 2.22. The molecule has 1 fully saturated rings. The van der Waals surface area contributed by atoms with Crippen LogP contribution < -0.4 is 5.32 Å². The van der Waals surface area contributed by atoms with Crippen molar-refractivity contribution >= 4 is 23.0 Å². The maximum Gasteiger partial charge on any atom is 0.173 e. The van der Waals surface area contributed by atoms with Gasteiger partial charge >= 0.3 is 0 Å². The van der Waals surface area contributed by atoms with Gasteiger partial charge in [-0.3, -0.25) is 0 Å². The van der Waals surface area contributed by atoms with Crippen LogP contribution in [0, 0.1) is 12.7 Å². The van der Waals surface area contributed by atoms with Gasteiger partial charge in [0.05, 0.1) is 12.2 Å². The summed E-state index contributed by atoms with van der Waals surface area (Å²) in [6.07, 6.45) is 0.302. The molecule has 0 saturated carbocycles. The molecule has 5 heteroatoms. The van der Waals surface area contributed by atoms with Crippen molar-refractivity contribution in [2.75, 3.05) is 18.4 Å². The van der Waals surface area contributed by atoms with Gasteiger partial charge in [0, 0.05) is 18.8 Å². The molecule has 0 aromatic heterocycles. The van der Waals surface area contributed by atoms with Gasteiger partial charge in [0.25, 0.3) is 0 Å². The Morgan fingerprint density at radius 3 is 2.58 bits per heavy atom. The van der Waals surface area contributed by atoms with E-state index < -0.39 is 0 Å². The average molecular weight is 282 g/mol. The van der Waals surface area contributed by atoms with Crippen molar-refractivity contribution in [2.45, 2.75) is 33.0 Å². The van der Waals surface area contributed by atoms with Crippen molar-refractivity contribution in [3.8, 4) is 0 Å². The fraction of sp³-hybridized carbons (Fsp3) is 0.500. The van der Waals surface area contributed by atoms with Crippen LogP contribution >= 0.6 is 12.2 Å². The van der Waals surface area contributed by atoms with Crippen LogP contribution in [0.1, 0.15) is 19.4 Å². The van der Waals surface area contributed by atoms with E-state index in [0.717, 1.165) is 13.1 Å². The van der Waals surface area contributed by atoms with Crippen molar-refractivity contribution in [1.29, 1.82) is 0 Å². The number of anilines is 1. The lowest BCUT2D eigenvalue weighted by molar-refractivity contribution is -0.0473. The quantitative estimate of drug-likeness (QED) is 0.800. The number of aryl methyl sites for hydroxylation is 1. The molecule has 104 valence electrons. The molecule has 0 radical (unpaired) electrons. The third-order valence-electron chi connectivity index (χ3n) is 3.13. The molecule has 1 aliphatic heterocycles. The van der Waals surface area contributed by atoms with Gasteiger partial charge in [0.15, 0.2) is 5.11 Å². The predicted molar refractivity (Wildman–Crippen MR) is 78.9 cm³/mol. The molecule has 1 aromatic rings. The Hall–Kier alpha value is -1.20. The van der Waals surface area contributed by atoms with Crippen LogP contribution in [0.3, 0.4) is 0 Å². The molecule has 1 aromatic carbocycles. The summed E-state index contributed by atoms with van der Waals surface area (Å²) < 4.78 is 19.1. The lowest BCUT2D eigenvalue weighted by Gasteiger charge is -2.36. The molecule has 3 nitrogen and oxygen atoms in total. The first-order valence-corrected chi connectivity index (χ1v) is 6.84. The molecule has 1 aliphatic rings. The van der Waals surface area contributed by atoms with Gasteiger partial charge in [0.2, 0.25) is 0 Å². The lowest BCUT2D eigenvalue weighted by Crippen LogP contribution is -2.49. The highest BCUT2D eigenvalue weighted by Crippen LogP contribution is 2.16. The monoisotopic (exact) mass is 282 g/mol. The molecule has 0 amide bonds. The van der Waals surface area contributed by atoms with Gasteiger partial charge in [-0.25, -0.2) is 4.39 Å². The highest BCUT2D eigenvalue weighted by Gasteiger charge is 2.23. The molecular weight excluding hydrogens is 263 g/mol. The maximum atomic E-state index is 13.5. The fourth-order valence-corrected chi connectivity index (χ4v) is 2.48. The Labute approximate surface area is 118 Å². The van der Waals surface area contributed by atoms with Crippen LogP contribution in [-0.4, -0.2) is 35.3 Å². The first kappa shape index (κ1) is 14.2. The number of hydrogen-bond donors (Lipinski definition) is 1. The van der Waals surface area contributed by atoms with Crippen LogP contribution in [0.5, 0.6) is 0 Å². The van der Waals surface area contributed by atoms with Crippen LogP contribution in [-0.2, 0) is 4.74 Å². The topological polar surface area (TPSA) is 24.5 Å². The Kier molecular flexibility index (Phi) is 4.37. The van der Waals surface area contributed by atoms with E-state index in [2.05, 4.69) is 10.2 Å². The van der Waals surface area contributed by atoms with Crippen LogP contribution in [0.15, 0.2) is 18.2 Å². The van der Waals surface area contributed by atoms with Crippen molar-refractivity contribution in [2.24, 2.45) is 0 Å². The summed E-state index contributed by atoms with van der Waals surface area (Å²) in [5.74, 6) is -0.225. The van der Waals surface area contributed by atoms with E-state index in [1.54, 1.807) is 13.0 Å². The number of morpholine rings is 1. The normalized spacial score (nSPS) is 23.3. The first-order valence-electron chi connectivity index (χ1n) is 6.43. The second-order valence-corrected chi connectivity index (χ2v) is 5.44. The third-order valence-corrected chi connectivity index (χ3v) is 3.49. The minimum atomic E-state index is -0.225. The van der Waals surface area contributed by atoms with E-state index >= 15 is 0 Å². The predicted octanol–water partition coefficient (Wildman–Crippen LogP) is 2.94. The zero-order chi connectivity index (χ0) is 14.0. The van der Waals surface area contributed by atoms with E-state index in [9.17, 15) is 4.39 Å². The first-order chi connectivity index (χ1) is 8.95. The number of halogens is 1. The second-order valence-electron chi connectivity index (χ2n) is 5.06. The van der Waals surface area contributed by atoms with Crippen molar-refractivity contribution in [3.63, 3.8) is 0 Å². The average Bonchev–Trinajstić information content (AvgIpc) is 2.32. The zero-order valence-electron chi connectivity index (χ0n) is 11.4. The molecule has 2 atom stereocenters. The summed E-state index contributed by atoms with van der Waals surface area (Å²) in [4.78, 5) is 2.06. The number of thiocarbonyl (C=S) groups is 1. The molecule has 1 heterocycles. The van der Waals surface area contributed by atoms with E-state index in [1.807, 2.05) is 19.9 Å². The molecular formula is C14H19FN2OS. The van der Waals surface area contributed by atoms with Gasteiger partial charge in [-0.05, 0) is 50.7 Å². The Morgan fingerprint density at radius 1 is 1.37 bits per heavy atom. The minimum absolute atomic E-state index is 0.151. The number of benzene rings is 1. The summed E-state index contributed by atoms with van der Waals surface area (Å²) in [5, 5.41) is 3.70. The Bertz CT molecular complexity index is 471. The van der Waals surface area contributed by atoms with E-state index in [0.29, 0.717) is 16.4 Å². The van der Waals surface area contributed by atoms with Gasteiger partial charge in [-0.1, -0.05) is 6.07 Å². The summed E-state index contributed by atoms with van der Waals surface area (Å²) in [6, 6.07) is 5.04. The Morgan fingerprint density at radius 2 is 2.00 bits per heavy atom. The number of nitrogens with one attached hydrogen (secondary N) is 1. The number of rotatable bonds is 1. The minimum Gasteiger partial charge on any atom is -0.372 e. The number of nitrogens with zero attached hydrogens (tertiary/aromatic N) is 1. The standard InChI is InChI=1S/C14H19FN2OS/c1-9-4-5-12(6-13(9)15)16-14(19)17-7-10(2)18-11(3)8-17/h4-6,10-11H,7-8H2,1-3H3,(H,16,19)/t10-,11-/m1/s1. The van der Waals surface area contributed by atoms with Crippen molar-refractivity contribution in [3.05, 3.63) is 29.6 Å². The number of hydrogen-bond acceptors (Lipinski definition) is 2. The summed E-state index contributed by atoms with van der Waals surface area (Å²) in [6.45, 7) is 7.30. The second kappa shape index (κ2) is 5.84. The molecule has 0 spiro atoms. The van der Waals surface area contributed by atoms with Crippen molar-refractivity contribution < 1.29 is 9.13 Å². The highest BCUT2D eigenvalue weighted by atomic mass is 32.1. The largest absolute Gasteiger partial charge is 0.372 e. The van der Waals surface area contributed by atoms with Gasteiger partial charge < -0.3 is 15.0 Å².